The molecule has 0 spiro atoms. The molecule has 28 heavy (non-hydrogen) atoms. The molecular formula is C22H18Br2N2O2. The Morgan fingerprint density at radius 1 is 0.964 bits per heavy atom. The largest absolute Gasteiger partial charge is 0.497 e. The van der Waals surface area contributed by atoms with Crippen molar-refractivity contribution in [1.82, 2.24) is 4.57 Å². The van der Waals surface area contributed by atoms with Crippen LogP contribution in [0.15, 0.2) is 69.6 Å². The molecule has 0 fully saturated rings. The first-order valence-corrected chi connectivity index (χ1v) is 10.4. The van der Waals surface area contributed by atoms with Crippen molar-refractivity contribution in [3.8, 4) is 5.75 Å². The number of ether oxygens (including phenoxy) is 1. The van der Waals surface area contributed by atoms with E-state index in [0.717, 1.165) is 42.2 Å². The third-order valence-corrected chi connectivity index (χ3v) is 5.73. The summed E-state index contributed by atoms with van der Waals surface area (Å²) in [5.41, 5.74) is 2.81. The number of aromatic nitrogens is 1. The van der Waals surface area contributed by atoms with Gasteiger partial charge < -0.3 is 14.6 Å². The van der Waals surface area contributed by atoms with E-state index in [2.05, 4.69) is 53.9 Å². The molecule has 1 aromatic heterocycles. The first-order valence-electron chi connectivity index (χ1n) is 8.77. The molecule has 0 radical (unpaired) electrons. The average Bonchev–Trinajstić information content (AvgIpc) is 2.98. The molecule has 1 N–H and O–H groups in total. The summed E-state index contributed by atoms with van der Waals surface area (Å²) in [6.07, 6.45) is -0.547. The highest BCUT2D eigenvalue weighted by Crippen LogP contribution is 2.36. The number of hydrogen-bond acceptors (Lipinski definition) is 3. The van der Waals surface area contributed by atoms with Gasteiger partial charge >= 0.3 is 0 Å². The van der Waals surface area contributed by atoms with E-state index in [1.807, 2.05) is 48.5 Å². The van der Waals surface area contributed by atoms with Gasteiger partial charge in [-0.3, -0.25) is 4.79 Å². The first kappa shape index (κ1) is 19.0. The van der Waals surface area contributed by atoms with E-state index in [9.17, 15) is 4.79 Å². The molecule has 6 heteroatoms. The molecule has 4 rings (SSSR count). The summed E-state index contributed by atoms with van der Waals surface area (Å²) in [5.74, 6) is 0.759. The van der Waals surface area contributed by atoms with Crippen LogP contribution in [0.1, 0.15) is 13.1 Å². The Bertz CT molecular complexity index is 1140. The molecule has 0 saturated carbocycles. The lowest BCUT2D eigenvalue weighted by Crippen LogP contribution is -2.25. The zero-order valence-electron chi connectivity index (χ0n) is 15.4. The lowest BCUT2D eigenvalue weighted by Gasteiger charge is -2.21. The van der Waals surface area contributed by atoms with Gasteiger partial charge in [0.25, 0.3) is 0 Å². The van der Waals surface area contributed by atoms with Crippen LogP contribution in [0.25, 0.3) is 21.8 Å². The van der Waals surface area contributed by atoms with Crippen molar-refractivity contribution in [3.63, 3.8) is 0 Å². The van der Waals surface area contributed by atoms with Crippen LogP contribution >= 0.6 is 31.9 Å². The van der Waals surface area contributed by atoms with E-state index >= 15 is 0 Å². The van der Waals surface area contributed by atoms with Gasteiger partial charge in [0, 0.05) is 31.5 Å². The van der Waals surface area contributed by atoms with Crippen molar-refractivity contribution in [2.75, 3.05) is 12.4 Å². The van der Waals surface area contributed by atoms with Crippen LogP contribution in [-0.2, 0) is 4.79 Å². The minimum Gasteiger partial charge on any atom is -0.497 e. The number of rotatable bonds is 5. The molecule has 142 valence electrons. The molecule has 3 aromatic carbocycles. The molecule has 0 bridgehead atoms. The van der Waals surface area contributed by atoms with Gasteiger partial charge in [-0.15, -0.1) is 0 Å². The van der Waals surface area contributed by atoms with Gasteiger partial charge in [0.2, 0.25) is 0 Å². The second-order valence-corrected chi connectivity index (χ2v) is 8.41. The smallest absolute Gasteiger partial charge is 0.172 e. The minimum absolute atomic E-state index is 0.0208. The number of methoxy groups -OCH3 is 1. The first-order chi connectivity index (χ1) is 13.5. The number of carbonyl (C=O) groups excluding carboxylic acids is 1. The summed E-state index contributed by atoms with van der Waals surface area (Å²) >= 11 is 7.13. The number of fused-ring (bicyclic) bond motifs is 3. The van der Waals surface area contributed by atoms with E-state index in [-0.39, 0.29) is 5.78 Å². The van der Waals surface area contributed by atoms with Crippen molar-refractivity contribution in [2.24, 2.45) is 0 Å². The second-order valence-electron chi connectivity index (χ2n) is 6.58. The number of benzene rings is 3. The lowest BCUT2D eigenvalue weighted by molar-refractivity contribution is -0.119. The average molecular weight is 502 g/mol. The van der Waals surface area contributed by atoms with Crippen LogP contribution in [0.2, 0.25) is 0 Å². The summed E-state index contributed by atoms with van der Waals surface area (Å²) in [6.45, 7) is 1.60. The topological polar surface area (TPSA) is 43.3 Å². The molecule has 0 saturated heterocycles. The van der Waals surface area contributed by atoms with Crippen LogP contribution in [0.4, 0.5) is 5.69 Å². The van der Waals surface area contributed by atoms with Crippen molar-refractivity contribution < 1.29 is 9.53 Å². The van der Waals surface area contributed by atoms with Gasteiger partial charge in [0.05, 0.1) is 18.1 Å². The standard InChI is InChI=1S/C22H18Br2N2O2/c1-13(27)22(25-16-4-3-5-17(12-16)28-2)26-20-8-6-14(23)10-18(20)19-11-15(24)7-9-21(19)26/h3-12,22,25H,1-2H3. The SMILES string of the molecule is COc1cccc(NC(C(C)=O)n2c3ccc(Br)cc3c3cc(Br)ccc32)c1. The summed E-state index contributed by atoms with van der Waals surface area (Å²) in [6, 6.07) is 19.8. The number of nitrogens with one attached hydrogen (secondary N) is 1. The van der Waals surface area contributed by atoms with Crippen molar-refractivity contribution in [2.45, 2.75) is 13.1 Å². The molecule has 1 unspecified atom stereocenters. The molecule has 4 aromatic rings. The third-order valence-electron chi connectivity index (χ3n) is 4.74. The number of nitrogens with zero attached hydrogens (tertiary/aromatic N) is 1. The molecule has 4 nitrogen and oxygen atoms in total. The predicted octanol–water partition coefficient (Wildman–Crippen LogP) is 6.53. The van der Waals surface area contributed by atoms with E-state index < -0.39 is 6.17 Å². The molecule has 1 atom stereocenters. The maximum atomic E-state index is 12.7. The number of Topliss-reactive ketones (excluding diaryl/α,β-unsaturated/α-hetero) is 1. The quantitative estimate of drug-likeness (QED) is 0.338. The second kappa shape index (κ2) is 7.60. The van der Waals surface area contributed by atoms with Crippen LogP contribution in [0.3, 0.4) is 0 Å². The molecule has 1 heterocycles. The maximum Gasteiger partial charge on any atom is 0.172 e. The zero-order valence-corrected chi connectivity index (χ0v) is 18.5. The van der Waals surface area contributed by atoms with E-state index in [4.69, 9.17) is 4.74 Å². The van der Waals surface area contributed by atoms with Crippen LogP contribution in [0.5, 0.6) is 5.75 Å². The van der Waals surface area contributed by atoms with Crippen molar-refractivity contribution >= 4 is 65.1 Å². The Morgan fingerprint density at radius 3 is 2.11 bits per heavy atom. The van der Waals surface area contributed by atoms with Gasteiger partial charge in [-0.1, -0.05) is 37.9 Å². The van der Waals surface area contributed by atoms with Gasteiger partial charge in [-0.2, -0.15) is 0 Å². The van der Waals surface area contributed by atoms with Gasteiger partial charge in [0.15, 0.2) is 11.9 Å². The normalized spacial score (nSPS) is 12.3. The predicted molar refractivity (Wildman–Crippen MR) is 121 cm³/mol. The monoisotopic (exact) mass is 500 g/mol. The summed E-state index contributed by atoms with van der Waals surface area (Å²) in [7, 11) is 1.63. The Kier molecular flexibility index (Phi) is 5.17. The zero-order chi connectivity index (χ0) is 19.8. The van der Waals surface area contributed by atoms with Gasteiger partial charge in [-0.25, -0.2) is 0 Å². The highest BCUT2D eigenvalue weighted by atomic mass is 79.9. The molecular weight excluding hydrogens is 484 g/mol. The van der Waals surface area contributed by atoms with E-state index in [1.54, 1.807) is 14.0 Å². The van der Waals surface area contributed by atoms with Crippen LogP contribution in [0, 0.1) is 0 Å². The fourth-order valence-corrected chi connectivity index (χ4v) is 4.22. The number of hydrogen-bond donors (Lipinski definition) is 1. The van der Waals surface area contributed by atoms with Crippen molar-refractivity contribution in [1.29, 1.82) is 0 Å². The molecule has 0 amide bonds. The Hall–Kier alpha value is -2.31. The fourth-order valence-electron chi connectivity index (χ4n) is 3.49. The Balaban J connectivity index is 1.94. The fraction of sp³-hybridized carbons (Fsp3) is 0.136. The molecule has 0 aliphatic carbocycles. The van der Waals surface area contributed by atoms with Crippen LogP contribution in [-0.4, -0.2) is 17.5 Å². The molecule has 0 aliphatic heterocycles. The van der Waals surface area contributed by atoms with Crippen LogP contribution < -0.4 is 10.1 Å². The number of carbonyl (C=O) groups is 1. The highest BCUT2D eigenvalue weighted by molar-refractivity contribution is 9.10. The number of anilines is 1. The number of halogens is 2. The minimum atomic E-state index is -0.547. The van der Waals surface area contributed by atoms with E-state index in [0.29, 0.717) is 0 Å². The van der Waals surface area contributed by atoms with E-state index in [1.165, 1.54) is 0 Å². The number of ketones is 1. The highest BCUT2D eigenvalue weighted by Gasteiger charge is 2.22. The maximum absolute atomic E-state index is 12.7. The third kappa shape index (κ3) is 3.42. The summed E-state index contributed by atoms with van der Waals surface area (Å²) < 4.78 is 9.37. The summed E-state index contributed by atoms with van der Waals surface area (Å²) in [5, 5.41) is 5.55. The van der Waals surface area contributed by atoms with Gasteiger partial charge in [0.1, 0.15) is 5.75 Å². The lowest BCUT2D eigenvalue weighted by atomic mass is 10.2. The Labute approximate surface area is 179 Å². The van der Waals surface area contributed by atoms with Gasteiger partial charge in [-0.05, 0) is 55.5 Å². The van der Waals surface area contributed by atoms with Crippen molar-refractivity contribution in [3.05, 3.63) is 69.6 Å². The summed E-state index contributed by atoms with van der Waals surface area (Å²) in [4.78, 5) is 12.7. The molecule has 0 aliphatic rings. The Morgan fingerprint density at radius 2 is 1.57 bits per heavy atom.